The maximum Gasteiger partial charge on any atom is 0.185 e. The van der Waals surface area contributed by atoms with E-state index in [4.69, 9.17) is 0 Å². The third-order valence-corrected chi connectivity index (χ3v) is 8.29. The summed E-state index contributed by atoms with van der Waals surface area (Å²) in [5.74, 6) is 0.138. The van der Waals surface area contributed by atoms with Crippen molar-refractivity contribution in [2.24, 2.45) is 0 Å². The Labute approximate surface area is 271 Å². The minimum atomic E-state index is 0.138. The van der Waals surface area contributed by atoms with Gasteiger partial charge in [-0.05, 0) is 109 Å². The number of anilines is 6. The number of para-hydroxylation sites is 4. The van der Waals surface area contributed by atoms with Crippen LogP contribution in [0.5, 0.6) is 0 Å². The highest BCUT2D eigenvalue weighted by molar-refractivity contribution is 6.15. The second-order valence-electron chi connectivity index (χ2n) is 11.4. The summed E-state index contributed by atoms with van der Waals surface area (Å²) in [6.45, 7) is 0. The lowest BCUT2D eigenvalue weighted by molar-refractivity contribution is -0.111. The number of benzene rings is 6. The fourth-order valence-electron chi connectivity index (χ4n) is 6.02. The van der Waals surface area contributed by atoms with Crippen LogP contribution in [0.4, 0.5) is 34.1 Å². The molecule has 0 spiro atoms. The van der Waals surface area contributed by atoms with Crippen molar-refractivity contribution in [3.8, 4) is 0 Å². The second-order valence-corrected chi connectivity index (χ2v) is 11.4. The monoisotopic (exact) mass is 594 g/mol. The van der Waals surface area contributed by atoms with Crippen LogP contribution in [-0.2, 0) is 4.79 Å². The number of carbonyl (C=O) groups excluding carboxylic acids is 1. The predicted molar refractivity (Wildman–Crippen MR) is 192 cm³/mol. The number of nitrogens with zero attached hydrogens (tertiary/aromatic N) is 2. The van der Waals surface area contributed by atoms with Gasteiger partial charge in [0.1, 0.15) is 0 Å². The van der Waals surface area contributed by atoms with Crippen molar-refractivity contribution in [3.05, 3.63) is 192 Å². The Morgan fingerprint density at radius 1 is 0.348 bits per heavy atom. The molecule has 6 aromatic carbocycles. The van der Waals surface area contributed by atoms with Crippen molar-refractivity contribution in [2.45, 2.75) is 12.8 Å². The van der Waals surface area contributed by atoms with E-state index < -0.39 is 0 Å². The van der Waals surface area contributed by atoms with Crippen molar-refractivity contribution in [2.75, 3.05) is 9.80 Å². The highest BCUT2D eigenvalue weighted by Gasteiger charge is 2.23. The lowest BCUT2D eigenvalue weighted by atomic mass is 10.1. The topological polar surface area (TPSA) is 23.6 Å². The number of allylic oxidation sites excluding steroid dienone is 2. The van der Waals surface area contributed by atoms with Gasteiger partial charge in [-0.3, -0.25) is 4.79 Å². The van der Waals surface area contributed by atoms with Crippen molar-refractivity contribution in [3.63, 3.8) is 0 Å². The van der Waals surface area contributed by atoms with Crippen LogP contribution in [0.1, 0.15) is 24.0 Å². The molecule has 7 rings (SSSR count). The molecule has 1 fully saturated rings. The SMILES string of the molecule is O=C1/C(=C\c2ccc(N(c3ccccc3)c3ccccc3)cc2)CC/C1=C\c1ccc(N(c2ccccc2)c2ccccc2)cc1. The quantitative estimate of drug-likeness (QED) is 0.164. The molecule has 0 aromatic heterocycles. The number of ketones is 1. The number of Topliss-reactive ketones (excluding diaryl/α,β-unsaturated/α-hetero) is 1. The highest BCUT2D eigenvalue weighted by atomic mass is 16.1. The van der Waals surface area contributed by atoms with Gasteiger partial charge < -0.3 is 9.80 Å². The van der Waals surface area contributed by atoms with Crippen molar-refractivity contribution >= 4 is 52.1 Å². The lowest BCUT2D eigenvalue weighted by Crippen LogP contribution is -2.09. The molecule has 1 saturated carbocycles. The molecular weight excluding hydrogens is 560 g/mol. The molecule has 6 aromatic rings. The Bertz CT molecular complexity index is 1740. The van der Waals surface area contributed by atoms with Crippen LogP contribution in [0.2, 0.25) is 0 Å². The van der Waals surface area contributed by atoms with Crippen molar-refractivity contribution in [1.29, 1.82) is 0 Å². The summed E-state index contributed by atoms with van der Waals surface area (Å²) in [7, 11) is 0. The van der Waals surface area contributed by atoms with Gasteiger partial charge in [0.2, 0.25) is 0 Å². The van der Waals surface area contributed by atoms with E-state index in [0.717, 1.165) is 69.2 Å². The largest absolute Gasteiger partial charge is 0.311 e. The predicted octanol–water partition coefficient (Wildman–Crippen LogP) is 11.5. The first kappa shape index (κ1) is 28.8. The van der Waals surface area contributed by atoms with Crippen LogP contribution < -0.4 is 9.80 Å². The molecule has 0 aliphatic heterocycles. The van der Waals surface area contributed by atoms with E-state index in [-0.39, 0.29) is 5.78 Å². The van der Waals surface area contributed by atoms with E-state index in [0.29, 0.717) is 0 Å². The Kier molecular flexibility index (Phi) is 8.38. The lowest BCUT2D eigenvalue weighted by Gasteiger charge is -2.25. The average molecular weight is 595 g/mol. The fourth-order valence-corrected chi connectivity index (χ4v) is 6.02. The zero-order valence-electron chi connectivity index (χ0n) is 25.5. The van der Waals surface area contributed by atoms with Crippen LogP contribution in [0, 0.1) is 0 Å². The average Bonchev–Trinajstić information content (AvgIpc) is 3.46. The standard InChI is InChI=1S/C43H34N2O/c46-43-35(31-33-21-27-41(28-22-33)44(37-13-5-1-6-14-37)38-15-7-2-8-16-38)25-26-36(43)32-34-23-29-42(30-24-34)45(39-17-9-3-10-18-39)40-19-11-4-12-20-40/h1-24,27-32H,25-26H2/b35-31-,36-32+. The van der Waals surface area contributed by atoms with Crippen LogP contribution in [0.15, 0.2) is 181 Å². The zero-order valence-corrected chi connectivity index (χ0v) is 25.5. The van der Waals surface area contributed by atoms with Crippen molar-refractivity contribution < 1.29 is 4.79 Å². The molecule has 0 radical (unpaired) electrons. The molecule has 0 unspecified atom stereocenters. The van der Waals surface area contributed by atoms with Gasteiger partial charge in [-0.15, -0.1) is 0 Å². The molecule has 222 valence electrons. The first-order valence-corrected chi connectivity index (χ1v) is 15.7. The summed E-state index contributed by atoms with van der Waals surface area (Å²) in [5.41, 5.74) is 10.3. The maximum atomic E-state index is 13.5. The van der Waals surface area contributed by atoms with Crippen LogP contribution in [-0.4, -0.2) is 5.78 Å². The van der Waals surface area contributed by atoms with E-state index in [1.807, 2.05) is 36.4 Å². The number of carbonyl (C=O) groups is 1. The van der Waals surface area contributed by atoms with Gasteiger partial charge in [-0.1, -0.05) is 97.1 Å². The molecule has 0 saturated heterocycles. The van der Waals surface area contributed by atoms with Gasteiger partial charge in [-0.2, -0.15) is 0 Å². The molecule has 0 amide bonds. The van der Waals surface area contributed by atoms with Crippen molar-refractivity contribution in [1.82, 2.24) is 0 Å². The minimum Gasteiger partial charge on any atom is -0.311 e. The van der Waals surface area contributed by atoms with E-state index in [1.165, 1.54) is 0 Å². The summed E-state index contributed by atoms with van der Waals surface area (Å²) in [5, 5.41) is 0. The Morgan fingerprint density at radius 2 is 0.609 bits per heavy atom. The summed E-state index contributed by atoms with van der Waals surface area (Å²) in [6, 6.07) is 58.4. The summed E-state index contributed by atoms with van der Waals surface area (Å²) < 4.78 is 0. The number of hydrogen-bond donors (Lipinski definition) is 0. The molecule has 0 heterocycles. The molecule has 0 N–H and O–H groups in total. The second kappa shape index (κ2) is 13.4. The van der Waals surface area contributed by atoms with E-state index in [2.05, 4.69) is 155 Å². The number of rotatable bonds is 8. The van der Waals surface area contributed by atoms with Crippen LogP contribution >= 0.6 is 0 Å². The van der Waals surface area contributed by atoms with Gasteiger partial charge in [0.25, 0.3) is 0 Å². The molecule has 1 aliphatic carbocycles. The van der Waals surface area contributed by atoms with Crippen LogP contribution in [0.25, 0.3) is 12.2 Å². The van der Waals surface area contributed by atoms with Gasteiger partial charge in [0.15, 0.2) is 5.78 Å². The Balaban J connectivity index is 1.09. The Morgan fingerprint density at radius 3 is 0.891 bits per heavy atom. The van der Waals surface area contributed by atoms with Gasteiger partial charge >= 0.3 is 0 Å². The first-order valence-electron chi connectivity index (χ1n) is 15.7. The normalized spacial score (nSPS) is 14.5. The zero-order chi connectivity index (χ0) is 31.1. The van der Waals surface area contributed by atoms with Crippen LogP contribution in [0.3, 0.4) is 0 Å². The molecular formula is C43H34N2O. The van der Waals surface area contributed by atoms with Gasteiger partial charge in [-0.25, -0.2) is 0 Å². The molecule has 3 nitrogen and oxygen atoms in total. The molecule has 3 heteroatoms. The third-order valence-electron chi connectivity index (χ3n) is 8.29. The summed E-state index contributed by atoms with van der Waals surface area (Å²) >= 11 is 0. The first-order chi connectivity index (χ1) is 22.7. The maximum absolute atomic E-state index is 13.5. The number of hydrogen-bond acceptors (Lipinski definition) is 3. The molecule has 1 aliphatic rings. The molecule has 0 bridgehead atoms. The van der Waals surface area contributed by atoms with E-state index in [9.17, 15) is 4.79 Å². The highest BCUT2D eigenvalue weighted by Crippen LogP contribution is 2.37. The summed E-state index contributed by atoms with van der Waals surface area (Å²) in [4.78, 5) is 17.9. The van der Waals surface area contributed by atoms with E-state index in [1.54, 1.807) is 0 Å². The minimum absolute atomic E-state index is 0.138. The third kappa shape index (κ3) is 6.31. The molecule has 0 atom stereocenters. The van der Waals surface area contributed by atoms with E-state index >= 15 is 0 Å². The Hall–Kier alpha value is -5.93. The fraction of sp³-hybridized carbons (Fsp3) is 0.0465. The molecule has 46 heavy (non-hydrogen) atoms. The smallest absolute Gasteiger partial charge is 0.185 e. The summed E-state index contributed by atoms with van der Waals surface area (Å²) in [6.07, 6.45) is 5.59. The van der Waals surface area contributed by atoms with Gasteiger partial charge in [0.05, 0.1) is 0 Å². The van der Waals surface area contributed by atoms with Gasteiger partial charge in [0, 0.05) is 45.3 Å².